The summed E-state index contributed by atoms with van der Waals surface area (Å²) in [5, 5.41) is 0. The Kier molecular flexibility index (Phi) is 3.49. The minimum absolute atomic E-state index is 0.103. The van der Waals surface area contributed by atoms with Crippen LogP contribution in [-0.4, -0.2) is 16.5 Å². The van der Waals surface area contributed by atoms with Gasteiger partial charge in [0.1, 0.15) is 0 Å². The first-order valence-electron chi connectivity index (χ1n) is 7.50. The lowest BCUT2D eigenvalue weighted by Crippen LogP contribution is -2.23. The number of allylic oxidation sites excluding steroid dienone is 4. The van der Waals surface area contributed by atoms with Crippen molar-refractivity contribution in [2.75, 3.05) is 0 Å². The predicted octanol–water partition coefficient (Wildman–Crippen LogP) is 4.26. The van der Waals surface area contributed by atoms with Gasteiger partial charge >= 0.3 is 0 Å². The highest BCUT2D eigenvalue weighted by atomic mass is 32.2. The molecule has 0 unspecified atom stereocenters. The van der Waals surface area contributed by atoms with Crippen molar-refractivity contribution in [1.29, 1.82) is 0 Å². The maximum Gasteiger partial charge on any atom is 0.203 e. The molecule has 0 radical (unpaired) electrons. The quantitative estimate of drug-likeness (QED) is 0.614. The first kappa shape index (κ1) is 14.8. The molecule has 0 amide bonds. The van der Waals surface area contributed by atoms with E-state index < -0.39 is 17.9 Å². The first-order valence-corrected chi connectivity index (χ1v) is 12.7. The van der Waals surface area contributed by atoms with Crippen molar-refractivity contribution in [3.05, 3.63) is 53.0 Å². The molecule has 1 aromatic rings. The van der Waals surface area contributed by atoms with Gasteiger partial charge in [-0.1, -0.05) is 55.6 Å². The van der Waals surface area contributed by atoms with Gasteiger partial charge < -0.3 is 0 Å². The number of hydrogen-bond donors (Lipinski definition) is 0. The molecule has 0 fully saturated rings. The monoisotopic (exact) mass is 318 g/mol. The summed E-state index contributed by atoms with van der Waals surface area (Å²) in [5.41, 5.74) is 1.20. The highest BCUT2D eigenvalue weighted by Gasteiger charge is 2.42. The third-order valence-electron chi connectivity index (χ3n) is 4.25. The van der Waals surface area contributed by atoms with Crippen LogP contribution in [-0.2, 0) is 9.84 Å². The summed E-state index contributed by atoms with van der Waals surface area (Å²) in [7, 11) is -4.68. The molecule has 21 heavy (non-hydrogen) atoms. The van der Waals surface area contributed by atoms with Gasteiger partial charge in [-0.2, -0.15) is 0 Å². The summed E-state index contributed by atoms with van der Waals surface area (Å²) >= 11 is 0. The Morgan fingerprint density at radius 2 is 1.67 bits per heavy atom. The summed E-state index contributed by atoms with van der Waals surface area (Å²) in [5.74, 6) is 0.460. The average molecular weight is 319 g/mol. The van der Waals surface area contributed by atoms with Gasteiger partial charge in [0.25, 0.3) is 0 Å². The van der Waals surface area contributed by atoms with Gasteiger partial charge in [-0.3, -0.25) is 0 Å². The minimum Gasteiger partial charge on any atom is -0.219 e. The zero-order valence-corrected chi connectivity index (χ0v) is 14.7. The van der Waals surface area contributed by atoms with E-state index in [1.807, 2.05) is 6.07 Å². The molecule has 0 N–H and O–H groups in total. The summed E-state index contributed by atoms with van der Waals surface area (Å²) in [6.45, 7) is 6.92. The molecule has 0 heterocycles. The summed E-state index contributed by atoms with van der Waals surface area (Å²) in [4.78, 5) is 1.15. The SMILES string of the molecule is C[Si](C)(C)CC1=C(S(=O)(=O)c2ccccc2)[C@@H]2C=C[C@H]1C2. The van der Waals surface area contributed by atoms with Gasteiger partial charge in [0.15, 0.2) is 0 Å². The second-order valence-electron chi connectivity index (χ2n) is 7.28. The summed E-state index contributed by atoms with van der Waals surface area (Å²) in [6, 6.07) is 9.87. The van der Waals surface area contributed by atoms with Crippen LogP contribution >= 0.6 is 0 Å². The van der Waals surface area contributed by atoms with Crippen molar-refractivity contribution in [2.24, 2.45) is 11.8 Å². The van der Waals surface area contributed by atoms with Crippen molar-refractivity contribution in [3.63, 3.8) is 0 Å². The molecule has 112 valence electrons. The average Bonchev–Trinajstić information content (AvgIpc) is 2.98. The fraction of sp³-hybridized carbons (Fsp3) is 0.412. The second-order valence-corrected chi connectivity index (χ2v) is 14.7. The van der Waals surface area contributed by atoms with E-state index in [0.717, 1.165) is 12.5 Å². The summed E-state index contributed by atoms with van der Waals surface area (Å²) < 4.78 is 26.1. The molecule has 0 spiro atoms. The highest BCUT2D eigenvalue weighted by molar-refractivity contribution is 7.95. The Labute approximate surface area is 128 Å². The lowest BCUT2D eigenvalue weighted by molar-refractivity contribution is 0.596. The molecule has 0 aromatic heterocycles. The fourth-order valence-electron chi connectivity index (χ4n) is 3.46. The van der Waals surface area contributed by atoms with Gasteiger partial charge in [-0.15, -0.1) is 0 Å². The largest absolute Gasteiger partial charge is 0.219 e. The third-order valence-corrected chi connectivity index (χ3v) is 7.73. The Morgan fingerprint density at radius 1 is 1.05 bits per heavy atom. The molecule has 2 nitrogen and oxygen atoms in total. The van der Waals surface area contributed by atoms with E-state index in [1.165, 1.54) is 5.57 Å². The van der Waals surface area contributed by atoms with Crippen LogP contribution in [0.4, 0.5) is 0 Å². The van der Waals surface area contributed by atoms with Gasteiger partial charge in [0.05, 0.1) is 9.80 Å². The van der Waals surface area contributed by atoms with Crippen molar-refractivity contribution < 1.29 is 8.42 Å². The van der Waals surface area contributed by atoms with Gasteiger partial charge in [0.2, 0.25) is 9.84 Å². The lowest BCUT2D eigenvalue weighted by atomic mass is 10.1. The Morgan fingerprint density at radius 3 is 2.29 bits per heavy atom. The van der Waals surface area contributed by atoms with Crippen LogP contribution < -0.4 is 0 Å². The maximum absolute atomic E-state index is 13.0. The molecule has 0 saturated heterocycles. The van der Waals surface area contributed by atoms with Crippen LogP contribution in [0.1, 0.15) is 6.42 Å². The number of benzene rings is 1. The Hall–Kier alpha value is -1.13. The second kappa shape index (κ2) is 4.95. The van der Waals surface area contributed by atoms with E-state index >= 15 is 0 Å². The molecular weight excluding hydrogens is 296 g/mol. The molecular formula is C17H22O2SSi. The molecule has 0 aliphatic heterocycles. The number of sulfone groups is 1. The van der Waals surface area contributed by atoms with Gasteiger partial charge in [-0.25, -0.2) is 8.42 Å². The topological polar surface area (TPSA) is 34.1 Å². The highest BCUT2D eigenvalue weighted by Crippen LogP contribution is 2.50. The Bertz CT molecular complexity index is 709. The number of rotatable bonds is 4. The fourth-order valence-corrected chi connectivity index (χ4v) is 7.10. The van der Waals surface area contributed by atoms with Crippen molar-refractivity contribution >= 4 is 17.9 Å². The van der Waals surface area contributed by atoms with Crippen LogP contribution in [0.5, 0.6) is 0 Å². The maximum atomic E-state index is 13.0. The molecule has 2 bridgehead atoms. The predicted molar refractivity (Wildman–Crippen MR) is 89.5 cm³/mol. The van der Waals surface area contributed by atoms with Crippen molar-refractivity contribution in [1.82, 2.24) is 0 Å². The molecule has 2 aliphatic carbocycles. The van der Waals surface area contributed by atoms with Crippen molar-refractivity contribution in [2.45, 2.75) is 37.0 Å². The number of hydrogen-bond acceptors (Lipinski definition) is 2. The van der Waals surface area contributed by atoms with Crippen LogP contribution in [0.2, 0.25) is 25.7 Å². The van der Waals surface area contributed by atoms with E-state index in [-0.39, 0.29) is 5.92 Å². The zero-order valence-electron chi connectivity index (χ0n) is 12.8. The van der Waals surface area contributed by atoms with E-state index in [4.69, 9.17) is 0 Å². The van der Waals surface area contributed by atoms with E-state index in [1.54, 1.807) is 24.3 Å². The van der Waals surface area contributed by atoms with Crippen molar-refractivity contribution in [3.8, 4) is 0 Å². The molecule has 0 saturated carbocycles. The standard InChI is InChI=1S/C17H22O2SSi/c1-21(2,3)12-16-13-9-10-14(11-13)17(16)20(18,19)15-7-5-4-6-8-15/h4-10,13-14H,11-12H2,1-3H3/t13-,14+/m0/s1. The third kappa shape index (κ3) is 2.67. The smallest absolute Gasteiger partial charge is 0.203 e. The van der Waals surface area contributed by atoms with Crippen LogP contribution in [0.25, 0.3) is 0 Å². The van der Waals surface area contributed by atoms with E-state index in [9.17, 15) is 8.42 Å². The molecule has 2 atom stereocenters. The van der Waals surface area contributed by atoms with Crippen LogP contribution in [0, 0.1) is 11.8 Å². The molecule has 4 heteroatoms. The molecule has 3 rings (SSSR count). The number of fused-ring (bicyclic) bond motifs is 2. The van der Waals surface area contributed by atoms with Gasteiger partial charge in [-0.05, 0) is 30.5 Å². The Balaban J connectivity index is 2.10. The minimum atomic E-state index is -3.34. The summed E-state index contributed by atoms with van der Waals surface area (Å²) in [6.07, 6.45) is 5.26. The van der Waals surface area contributed by atoms with E-state index in [0.29, 0.717) is 15.7 Å². The van der Waals surface area contributed by atoms with E-state index in [2.05, 4.69) is 31.8 Å². The van der Waals surface area contributed by atoms with Gasteiger partial charge in [0, 0.05) is 14.0 Å². The van der Waals surface area contributed by atoms with Crippen LogP contribution in [0.15, 0.2) is 57.9 Å². The first-order chi connectivity index (χ1) is 9.79. The molecule has 1 aromatic carbocycles. The van der Waals surface area contributed by atoms with Crippen LogP contribution in [0.3, 0.4) is 0 Å². The zero-order chi connectivity index (χ0) is 15.3. The normalized spacial score (nSPS) is 24.9. The lowest BCUT2D eigenvalue weighted by Gasteiger charge is -2.23. The molecule has 2 aliphatic rings.